The monoisotopic (exact) mass is 314 g/mol. The number of aromatic nitrogens is 2. The van der Waals surface area contributed by atoms with Crippen LogP contribution in [0.15, 0.2) is 17.3 Å². The van der Waals surface area contributed by atoms with Gasteiger partial charge < -0.3 is 5.73 Å². The standard InChI is InChI=1S/C14H26N4O2S/c1-12-3-5-13(6-4-12)9-17-21(19,20)14-10-16-18(11-14)8-2-7-15/h10-13,17H,2-9,15H2,1H3. The van der Waals surface area contributed by atoms with Crippen LogP contribution in [0, 0.1) is 11.8 Å². The van der Waals surface area contributed by atoms with Gasteiger partial charge >= 0.3 is 0 Å². The van der Waals surface area contributed by atoms with E-state index >= 15 is 0 Å². The van der Waals surface area contributed by atoms with Crippen molar-refractivity contribution in [1.82, 2.24) is 14.5 Å². The van der Waals surface area contributed by atoms with Crippen LogP contribution >= 0.6 is 0 Å². The van der Waals surface area contributed by atoms with Crippen molar-refractivity contribution in [2.75, 3.05) is 13.1 Å². The molecule has 0 unspecified atom stereocenters. The molecule has 1 aromatic heterocycles. The van der Waals surface area contributed by atoms with Gasteiger partial charge in [0.15, 0.2) is 0 Å². The van der Waals surface area contributed by atoms with Crippen molar-refractivity contribution >= 4 is 10.0 Å². The molecule has 0 spiro atoms. The molecule has 1 aromatic rings. The molecule has 3 N–H and O–H groups in total. The Morgan fingerprint density at radius 1 is 1.38 bits per heavy atom. The van der Waals surface area contributed by atoms with Gasteiger partial charge in [-0.2, -0.15) is 5.10 Å². The van der Waals surface area contributed by atoms with E-state index < -0.39 is 10.0 Å². The third kappa shape index (κ3) is 4.79. The molecule has 1 aliphatic carbocycles. The van der Waals surface area contributed by atoms with Crippen molar-refractivity contribution in [3.63, 3.8) is 0 Å². The highest BCUT2D eigenvalue weighted by atomic mass is 32.2. The second-order valence-electron chi connectivity index (χ2n) is 6.06. The highest BCUT2D eigenvalue weighted by Gasteiger charge is 2.22. The number of rotatable bonds is 7. The second kappa shape index (κ2) is 7.38. The van der Waals surface area contributed by atoms with E-state index in [2.05, 4.69) is 16.7 Å². The summed E-state index contributed by atoms with van der Waals surface area (Å²) in [6.45, 7) is 4.01. The first-order valence-electron chi connectivity index (χ1n) is 7.73. The zero-order valence-electron chi connectivity index (χ0n) is 12.7. The molecule has 1 aliphatic rings. The van der Waals surface area contributed by atoms with Gasteiger partial charge in [0.25, 0.3) is 0 Å². The van der Waals surface area contributed by atoms with Crippen molar-refractivity contribution in [3.8, 4) is 0 Å². The molecular formula is C14H26N4O2S. The van der Waals surface area contributed by atoms with Gasteiger partial charge in [0.2, 0.25) is 10.0 Å². The molecule has 0 saturated heterocycles. The topological polar surface area (TPSA) is 90.0 Å². The average Bonchev–Trinajstić information content (AvgIpc) is 2.94. The van der Waals surface area contributed by atoms with Crippen molar-refractivity contribution in [2.24, 2.45) is 17.6 Å². The highest BCUT2D eigenvalue weighted by molar-refractivity contribution is 7.89. The summed E-state index contributed by atoms with van der Waals surface area (Å²) in [6, 6.07) is 0. The number of hydrogen-bond donors (Lipinski definition) is 2. The molecule has 0 aliphatic heterocycles. The maximum Gasteiger partial charge on any atom is 0.243 e. The van der Waals surface area contributed by atoms with Crippen LogP contribution in [0.1, 0.15) is 39.0 Å². The SMILES string of the molecule is CC1CCC(CNS(=O)(=O)c2cnn(CCCN)c2)CC1. The van der Waals surface area contributed by atoms with Crippen molar-refractivity contribution in [1.29, 1.82) is 0 Å². The summed E-state index contributed by atoms with van der Waals surface area (Å²) in [7, 11) is -3.44. The van der Waals surface area contributed by atoms with E-state index in [-0.39, 0.29) is 4.90 Å². The van der Waals surface area contributed by atoms with Gasteiger partial charge in [0.1, 0.15) is 4.90 Å². The van der Waals surface area contributed by atoms with Gasteiger partial charge in [0.05, 0.1) is 6.20 Å². The number of nitrogens with one attached hydrogen (secondary N) is 1. The lowest BCUT2D eigenvalue weighted by atomic mass is 9.83. The van der Waals surface area contributed by atoms with E-state index in [4.69, 9.17) is 5.73 Å². The third-order valence-electron chi connectivity index (χ3n) is 4.21. The Bertz CT molecular complexity index is 533. The summed E-state index contributed by atoms with van der Waals surface area (Å²) in [6.07, 6.45) is 8.38. The van der Waals surface area contributed by atoms with Crippen molar-refractivity contribution in [2.45, 2.75) is 50.5 Å². The Hall–Kier alpha value is -0.920. The lowest BCUT2D eigenvalue weighted by molar-refractivity contribution is 0.290. The fraction of sp³-hybridized carbons (Fsp3) is 0.786. The van der Waals surface area contributed by atoms with E-state index in [0.717, 1.165) is 25.2 Å². The Morgan fingerprint density at radius 2 is 2.10 bits per heavy atom. The zero-order valence-corrected chi connectivity index (χ0v) is 13.5. The smallest absolute Gasteiger partial charge is 0.243 e. The van der Waals surface area contributed by atoms with E-state index in [0.29, 0.717) is 25.6 Å². The molecule has 1 fully saturated rings. The number of hydrogen-bond acceptors (Lipinski definition) is 4. The number of nitrogens with zero attached hydrogens (tertiary/aromatic N) is 2. The van der Waals surface area contributed by atoms with Crippen LogP contribution in [0.3, 0.4) is 0 Å². The lowest BCUT2D eigenvalue weighted by Gasteiger charge is -2.26. The zero-order chi connectivity index (χ0) is 15.3. The first kappa shape index (κ1) is 16.5. The molecule has 2 rings (SSSR count). The van der Waals surface area contributed by atoms with Crippen LogP contribution in [0.4, 0.5) is 0 Å². The van der Waals surface area contributed by atoms with Crippen LogP contribution < -0.4 is 10.5 Å². The van der Waals surface area contributed by atoms with Gasteiger partial charge in [-0.1, -0.05) is 19.8 Å². The van der Waals surface area contributed by atoms with Gasteiger partial charge in [-0.15, -0.1) is 0 Å². The summed E-state index contributed by atoms with van der Waals surface area (Å²) in [4.78, 5) is 0.240. The fourth-order valence-electron chi connectivity index (χ4n) is 2.70. The predicted octanol–water partition coefficient (Wildman–Crippen LogP) is 1.34. The van der Waals surface area contributed by atoms with Gasteiger partial charge in [-0.3, -0.25) is 4.68 Å². The van der Waals surface area contributed by atoms with Crippen LogP contribution in [0.2, 0.25) is 0 Å². The Balaban J connectivity index is 1.87. The molecule has 0 amide bonds. The average molecular weight is 314 g/mol. The minimum absolute atomic E-state index is 0.240. The molecule has 6 nitrogen and oxygen atoms in total. The second-order valence-corrected chi connectivity index (χ2v) is 7.83. The first-order chi connectivity index (χ1) is 10.0. The fourth-order valence-corrected chi connectivity index (χ4v) is 3.77. The first-order valence-corrected chi connectivity index (χ1v) is 9.22. The van der Waals surface area contributed by atoms with Crippen LogP contribution in [-0.4, -0.2) is 31.3 Å². The minimum atomic E-state index is -3.44. The summed E-state index contributed by atoms with van der Waals surface area (Å²) < 4.78 is 28.8. The van der Waals surface area contributed by atoms with Crippen LogP contribution in [0.5, 0.6) is 0 Å². The van der Waals surface area contributed by atoms with E-state index in [1.165, 1.54) is 19.0 Å². The molecule has 120 valence electrons. The Morgan fingerprint density at radius 3 is 2.76 bits per heavy atom. The molecule has 7 heteroatoms. The summed E-state index contributed by atoms with van der Waals surface area (Å²) in [5, 5.41) is 4.07. The van der Waals surface area contributed by atoms with Gasteiger partial charge in [-0.05, 0) is 37.6 Å². The summed E-state index contributed by atoms with van der Waals surface area (Å²) in [5.74, 6) is 1.24. The Labute approximate surface area is 127 Å². The third-order valence-corrected chi connectivity index (χ3v) is 5.59. The van der Waals surface area contributed by atoms with Gasteiger partial charge in [0, 0.05) is 19.3 Å². The summed E-state index contributed by atoms with van der Waals surface area (Å²) in [5.41, 5.74) is 5.44. The Kier molecular flexibility index (Phi) is 5.78. The molecule has 21 heavy (non-hydrogen) atoms. The van der Waals surface area contributed by atoms with E-state index in [1.54, 1.807) is 10.9 Å². The minimum Gasteiger partial charge on any atom is -0.330 e. The van der Waals surface area contributed by atoms with Crippen molar-refractivity contribution < 1.29 is 8.42 Å². The maximum atomic E-state index is 12.2. The molecule has 1 saturated carbocycles. The number of aryl methyl sites for hydroxylation is 1. The molecule has 0 atom stereocenters. The normalized spacial score (nSPS) is 23.3. The van der Waals surface area contributed by atoms with Crippen molar-refractivity contribution in [3.05, 3.63) is 12.4 Å². The van der Waals surface area contributed by atoms with Crippen LogP contribution in [-0.2, 0) is 16.6 Å². The number of nitrogens with two attached hydrogens (primary N) is 1. The molecule has 0 radical (unpaired) electrons. The molecule has 0 bridgehead atoms. The largest absolute Gasteiger partial charge is 0.330 e. The van der Waals surface area contributed by atoms with E-state index in [9.17, 15) is 8.42 Å². The summed E-state index contributed by atoms with van der Waals surface area (Å²) >= 11 is 0. The quantitative estimate of drug-likeness (QED) is 0.794. The molecule has 0 aromatic carbocycles. The highest BCUT2D eigenvalue weighted by Crippen LogP contribution is 2.27. The molecular weight excluding hydrogens is 288 g/mol. The lowest BCUT2D eigenvalue weighted by Crippen LogP contribution is -2.31. The number of sulfonamides is 1. The maximum absolute atomic E-state index is 12.2. The predicted molar refractivity (Wildman–Crippen MR) is 82.2 cm³/mol. The van der Waals surface area contributed by atoms with E-state index in [1.807, 2.05) is 0 Å². The molecule has 1 heterocycles. The van der Waals surface area contributed by atoms with Gasteiger partial charge in [-0.25, -0.2) is 13.1 Å². The van der Waals surface area contributed by atoms with Crippen LogP contribution in [0.25, 0.3) is 0 Å².